The first kappa shape index (κ1) is 17.4. The number of hydrogen-bond acceptors (Lipinski definition) is 5. The van der Waals surface area contributed by atoms with E-state index < -0.39 is 0 Å². The fourth-order valence-electron chi connectivity index (χ4n) is 2.83. The maximum atomic E-state index is 12.3. The third-order valence-electron chi connectivity index (χ3n) is 4.26. The Morgan fingerprint density at radius 2 is 1.58 bits per heavy atom. The highest BCUT2D eigenvalue weighted by Gasteiger charge is 2.20. The Hall–Kier alpha value is -3.41. The summed E-state index contributed by atoms with van der Waals surface area (Å²) in [5, 5.41) is 37.9. The van der Waals surface area contributed by atoms with E-state index in [9.17, 15) is 25.2 Å². The smallest absolute Gasteiger partial charge is 0.246 e. The molecule has 1 amide bonds. The van der Waals surface area contributed by atoms with Gasteiger partial charge in [0.25, 0.3) is 0 Å². The van der Waals surface area contributed by atoms with Gasteiger partial charge in [0.2, 0.25) is 5.91 Å². The molecular formula is C20H19NO5. The molecule has 1 aliphatic heterocycles. The number of carbonyl (C=O) groups excluding carboxylic acids is 1. The summed E-state index contributed by atoms with van der Waals surface area (Å²) < 4.78 is 0. The molecule has 6 nitrogen and oxygen atoms in total. The predicted octanol–water partition coefficient (Wildman–Crippen LogP) is 2.66. The lowest BCUT2D eigenvalue weighted by Gasteiger charge is -2.28. The van der Waals surface area contributed by atoms with Gasteiger partial charge in [0.05, 0.1) is 0 Å². The molecule has 26 heavy (non-hydrogen) atoms. The van der Waals surface area contributed by atoms with E-state index in [1.165, 1.54) is 30.3 Å². The van der Waals surface area contributed by atoms with Crippen molar-refractivity contribution in [1.29, 1.82) is 0 Å². The molecule has 2 aromatic carbocycles. The number of benzene rings is 2. The molecule has 0 unspecified atom stereocenters. The van der Waals surface area contributed by atoms with Gasteiger partial charge in [0, 0.05) is 19.2 Å². The van der Waals surface area contributed by atoms with Gasteiger partial charge in [-0.1, -0.05) is 24.3 Å². The Kier molecular flexibility index (Phi) is 4.84. The van der Waals surface area contributed by atoms with Crippen LogP contribution >= 0.6 is 0 Å². The summed E-state index contributed by atoms with van der Waals surface area (Å²) in [7, 11) is 0. The first-order valence-electron chi connectivity index (χ1n) is 8.13. The van der Waals surface area contributed by atoms with Crippen molar-refractivity contribution in [3.05, 3.63) is 65.3 Å². The van der Waals surface area contributed by atoms with E-state index >= 15 is 0 Å². The lowest BCUT2D eigenvalue weighted by molar-refractivity contribution is -0.126. The van der Waals surface area contributed by atoms with Crippen molar-refractivity contribution < 1.29 is 25.2 Å². The van der Waals surface area contributed by atoms with Gasteiger partial charge < -0.3 is 25.3 Å². The summed E-state index contributed by atoms with van der Waals surface area (Å²) in [5.41, 5.74) is 2.45. The Morgan fingerprint density at radius 3 is 2.31 bits per heavy atom. The third-order valence-corrected chi connectivity index (χ3v) is 4.26. The largest absolute Gasteiger partial charge is 0.504 e. The zero-order valence-corrected chi connectivity index (χ0v) is 14.0. The van der Waals surface area contributed by atoms with Crippen molar-refractivity contribution in [2.45, 2.75) is 13.0 Å². The van der Waals surface area contributed by atoms with Crippen LogP contribution in [0.4, 0.5) is 0 Å². The molecule has 0 bridgehead atoms. The molecule has 0 spiro atoms. The van der Waals surface area contributed by atoms with Crippen LogP contribution in [0.2, 0.25) is 0 Å². The normalized spacial score (nSPS) is 14.1. The van der Waals surface area contributed by atoms with Gasteiger partial charge in [-0.3, -0.25) is 4.79 Å². The van der Waals surface area contributed by atoms with Gasteiger partial charge in [-0.2, -0.15) is 0 Å². The fraction of sp³-hybridized carbons (Fsp3) is 0.150. The van der Waals surface area contributed by atoms with Crippen molar-refractivity contribution >= 4 is 12.0 Å². The van der Waals surface area contributed by atoms with E-state index in [4.69, 9.17) is 0 Å². The molecule has 4 N–H and O–H groups in total. The second kappa shape index (κ2) is 7.23. The molecule has 0 atom stereocenters. The number of hydrogen-bond donors (Lipinski definition) is 4. The van der Waals surface area contributed by atoms with Crippen molar-refractivity contribution in [2.75, 3.05) is 6.54 Å². The van der Waals surface area contributed by atoms with Crippen LogP contribution in [-0.2, 0) is 17.8 Å². The molecule has 0 saturated carbocycles. The lowest BCUT2D eigenvalue weighted by Crippen LogP contribution is -2.34. The molecule has 6 heteroatoms. The Morgan fingerprint density at radius 1 is 0.885 bits per heavy atom. The Balaban J connectivity index is 1.62. The topological polar surface area (TPSA) is 101 Å². The number of aromatic hydroxyl groups is 4. The fourth-order valence-corrected chi connectivity index (χ4v) is 2.83. The predicted molar refractivity (Wildman–Crippen MR) is 96.8 cm³/mol. The minimum atomic E-state index is -0.200. The number of carbonyl (C=O) groups is 1. The highest BCUT2D eigenvalue weighted by atomic mass is 16.3. The van der Waals surface area contributed by atoms with Crippen LogP contribution in [0.25, 0.3) is 6.08 Å². The van der Waals surface area contributed by atoms with Crippen LogP contribution in [0.3, 0.4) is 0 Å². The first-order chi connectivity index (χ1) is 12.4. The van der Waals surface area contributed by atoms with Crippen LogP contribution in [0.15, 0.2) is 48.6 Å². The number of phenols is 4. The van der Waals surface area contributed by atoms with E-state index in [0.29, 0.717) is 25.1 Å². The standard InChI is InChI=1S/C20H19NO5/c22-16-6-5-13(9-17(16)23)3-1-2-4-20(26)21-8-7-14-10-18(24)19(25)11-15(14)12-21/h1-6,9-11,22-25H,7-8,12H2/b3-1+,4-2+. The number of amides is 1. The van der Waals surface area contributed by atoms with Crippen LogP contribution in [0, 0.1) is 0 Å². The van der Waals surface area contributed by atoms with Crippen LogP contribution in [0.1, 0.15) is 16.7 Å². The van der Waals surface area contributed by atoms with E-state index in [1.807, 2.05) is 0 Å². The van der Waals surface area contributed by atoms with E-state index in [2.05, 4.69) is 0 Å². The van der Waals surface area contributed by atoms with Crippen LogP contribution < -0.4 is 0 Å². The van der Waals surface area contributed by atoms with Gasteiger partial charge >= 0.3 is 0 Å². The van der Waals surface area contributed by atoms with E-state index in [0.717, 1.165) is 11.1 Å². The van der Waals surface area contributed by atoms with Crippen molar-refractivity contribution in [1.82, 2.24) is 4.90 Å². The highest BCUT2D eigenvalue weighted by Crippen LogP contribution is 2.31. The summed E-state index contributed by atoms with van der Waals surface area (Å²) in [6.45, 7) is 0.915. The summed E-state index contributed by atoms with van der Waals surface area (Å²) in [6, 6.07) is 7.49. The molecule has 0 radical (unpaired) electrons. The number of allylic oxidation sites excluding steroid dienone is 2. The molecule has 0 saturated heterocycles. The number of rotatable bonds is 3. The quantitative estimate of drug-likeness (QED) is 0.386. The zero-order valence-electron chi connectivity index (χ0n) is 14.0. The average Bonchev–Trinajstić information content (AvgIpc) is 2.62. The summed E-state index contributed by atoms with van der Waals surface area (Å²) in [4.78, 5) is 14.0. The minimum Gasteiger partial charge on any atom is -0.504 e. The van der Waals surface area contributed by atoms with Crippen molar-refractivity contribution in [2.24, 2.45) is 0 Å². The molecule has 0 fully saturated rings. The van der Waals surface area contributed by atoms with Gasteiger partial charge in [-0.15, -0.1) is 0 Å². The second-order valence-corrected chi connectivity index (χ2v) is 6.09. The Labute approximate surface area is 150 Å². The number of fused-ring (bicyclic) bond motifs is 1. The lowest BCUT2D eigenvalue weighted by atomic mass is 9.99. The molecule has 3 rings (SSSR count). The van der Waals surface area contributed by atoms with Gasteiger partial charge in [-0.05, 0) is 47.4 Å². The molecule has 0 aliphatic carbocycles. The minimum absolute atomic E-state index is 0.145. The number of phenolic OH excluding ortho intramolecular Hbond substituents is 4. The van der Waals surface area contributed by atoms with E-state index in [-0.39, 0.29) is 28.9 Å². The van der Waals surface area contributed by atoms with Gasteiger partial charge in [0.1, 0.15) is 0 Å². The second-order valence-electron chi connectivity index (χ2n) is 6.09. The zero-order chi connectivity index (χ0) is 18.7. The Bertz CT molecular complexity index is 901. The average molecular weight is 353 g/mol. The number of nitrogens with zero attached hydrogens (tertiary/aromatic N) is 1. The highest BCUT2D eigenvalue weighted by molar-refractivity contribution is 5.88. The molecule has 134 valence electrons. The summed E-state index contributed by atoms with van der Waals surface area (Å²) in [6.07, 6.45) is 7.05. The van der Waals surface area contributed by atoms with Crippen LogP contribution in [-0.4, -0.2) is 37.8 Å². The summed E-state index contributed by atoms with van der Waals surface area (Å²) in [5.74, 6) is -0.866. The first-order valence-corrected chi connectivity index (χ1v) is 8.13. The molecular weight excluding hydrogens is 334 g/mol. The third kappa shape index (κ3) is 3.80. The van der Waals surface area contributed by atoms with Gasteiger partial charge in [0.15, 0.2) is 23.0 Å². The monoisotopic (exact) mass is 353 g/mol. The van der Waals surface area contributed by atoms with Crippen LogP contribution in [0.5, 0.6) is 23.0 Å². The maximum absolute atomic E-state index is 12.3. The summed E-state index contributed by atoms with van der Waals surface area (Å²) >= 11 is 0. The SMILES string of the molecule is O=C(/C=C/C=C/c1ccc(O)c(O)c1)N1CCc2cc(O)c(O)cc2C1. The van der Waals surface area contributed by atoms with Crippen molar-refractivity contribution in [3.8, 4) is 23.0 Å². The maximum Gasteiger partial charge on any atom is 0.246 e. The molecule has 0 aromatic heterocycles. The van der Waals surface area contributed by atoms with E-state index in [1.54, 1.807) is 29.2 Å². The van der Waals surface area contributed by atoms with Gasteiger partial charge in [-0.25, -0.2) is 0 Å². The molecule has 2 aromatic rings. The molecule has 1 aliphatic rings. The van der Waals surface area contributed by atoms with Crippen molar-refractivity contribution in [3.63, 3.8) is 0 Å². The molecule has 1 heterocycles.